The second-order valence-corrected chi connectivity index (χ2v) is 6.65. The lowest BCUT2D eigenvalue weighted by atomic mass is 10.1. The Morgan fingerprint density at radius 1 is 1.21 bits per heavy atom. The number of hydrogen-bond donors (Lipinski definition) is 1. The number of aromatic carboxylic acids is 1. The second kappa shape index (κ2) is 8.12. The van der Waals surface area contributed by atoms with E-state index in [1.807, 2.05) is 30.3 Å². The van der Waals surface area contributed by atoms with Gasteiger partial charge in [0.25, 0.3) is 5.91 Å². The van der Waals surface area contributed by atoms with Gasteiger partial charge in [-0.05, 0) is 31.5 Å². The minimum Gasteiger partial charge on any atom is -0.478 e. The molecule has 1 amide bonds. The Morgan fingerprint density at radius 3 is 2.54 bits per heavy atom. The van der Waals surface area contributed by atoms with Crippen LogP contribution in [-0.4, -0.2) is 38.7 Å². The zero-order chi connectivity index (χ0) is 20.3. The first-order valence-electron chi connectivity index (χ1n) is 9.12. The first-order chi connectivity index (χ1) is 13.4. The molecule has 0 aliphatic heterocycles. The number of carbonyl (C=O) groups is 2. The van der Waals surface area contributed by atoms with Crippen LogP contribution in [0.1, 0.15) is 51.3 Å². The fourth-order valence-corrected chi connectivity index (χ4v) is 3.17. The molecule has 2 heterocycles. The molecule has 1 N–H and O–H groups in total. The molecule has 1 aromatic carbocycles. The molecule has 0 radical (unpaired) electrons. The van der Waals surface area contributed by atoms with E-state index in [-0.39, 0.29) is 18.0 Å². The summed E-state index contributed by atoms with van der Waals surface area (Å²) in [5.41, 5.74) is 2.40. The van der Waals surface area contributed by atoms with Gasteiger partial charge < -0.3 is 14.4 Å². The zero-order valence-corrected chi connectivity index (χ0v) is 16.2. The van der Waals surface area contributed by atoms with E-state index in [1.54, 1.807) is 24.9 Å². The summed E-state index contributed by atoms with van der Waals surface area (Å²) in [7, 11) is 1.66. The molecule has 0 bridgehead atoms. The highest BCUT2D eigenvalue weighted by atomic mass is 16.4. The molecule has 146 valence electrons. The molecule has 0 atom stereocenters. The van der Waals surface area contributed by atoms with Crippen LogP contribution in [0.2, 0.25) is 0 Å². The molecule has 0 spiro atoms. The van der Waals surface area contributed by atoms with Gasteiger partial charge in [-0.3, -0.25) is 4.79 Å². The highest BCUT2D eigenvalue weighted by molar-refractivity contribution is 5.95. The summed E-state index contributed by atoms with van der Waals surface area (Å²) in [5, 5.41) is 13.6. The summed E-state index contributed by atoms with van der Waals surface area (Å²) >= 11 is 0. The number of aryl methyl sites for hydroxylation is 1. The Balaban J connectivity index is 1.86. The van der Waals surface area contributed by atoms with Gasteiger partial charge in [-0.25, -0.2) is 9.48 Å². The number of carbonyl (C=O) groups excluding carboxylic acids is 1. The average Bonchev–Trinajstić information content (AvgIpc) is 3.25. The molecule has 0 aliphatic carbocycles. The lowest BCUT2D eigenvalue weighted by Crippen LogP contribution is -2.26. The number of benzene rings is 1. The quantitative estimate of drug-likeness (QED) is 0.674. The summed E-state index contributed by atoms with van der Waals surface area (Å²) in [5.74, 6) is -0.474. The van der Waals surface area contributed by atoms with Crippen molar-refractivity contribution >= 4 is 11.9 Å². The van der Waals surface area contributed by atoms with E-state index in [0.29, 0.717) is 23.5 Å². The number of furan rings is 1. The van der Waals surface area contributed by atoms with Crippen LogP contribution in [0.3, 0.4) is 0 Å². The van der Waals surface area contributed by atoms with Gasteiger partial charge in [0.05, 0.1) is 29.7 Å². The molecule has 3 rings (SSSR count). The summed E-state index contributed by atoms with van der Waals surface area (Å²) in [6.07, 6.45) is 3.18. The largest absolute Gasteiger partial charge is 0.478 e. The predicted molar refractivity (Wildman–Crippen MR) is 104 cm³/mol. The molecule has 28 heavy (non-hydrogen) atoms. The first-order valence-corrected chi connectivity index (χ1v) is 9.12. The first kappa shape index (κ1) is 19.4. The van der Waals surface area contributed by atoms with Crippen molar-refractivity contribution < 1.29 is 19.1 Å². The Kier molecular flexibility index (Phi) is 5.63. The number of carboxylic acids is 1. The van der Waals surface area contributed by atoms with Gasteiger partial charge in [0.2, 0.25) is 0 Å². The van der Waals surface area contributed by atoms with Crippen molar-refractivity contribution in [3.8, 4) is 5.69 Å². The van der Waals surface area contributed by atoms with Crippen LogP contribution in [0.5, 0.6) is 0 Å². The highest BCUT2D eigenvalue weighted by Gasteiger charge is 2.22. The molecule has 0 saturated heterocycles. The monoisotopic (exact) mass is 381 g/mol. The van der Waals surface area contributed by atoms with Crippen LogP contribution in [-0.2, 0) is 13.0 Å². The molecular weight excluding hydrogens is 358 g/mol. The van der Waals surface area contributed by atoms with Gasteiger partial charge in [0.1, 0.15) is 17.1 Å². The van der Waals surface area contributed by atoms with Gasteiger partial charge in [0, 0.05) is 7.05 Å². The Bertz CT molecular complexity index is 989. The van der Waals surface area contributed by atoms with Gasteiger partial charge in [-0.2, -0.15) is 5.10 Å². The third kappa shape index (κ3) is 3.83. The zero-order valence-electron chi connectivity index (χ0n) is 16.2. The molecule has 0 aliphatic rings. The van der Waals surface area contributed by atoms with E-state index in [4.69, 9.17) is 9.52 Å². The van der Waals surface area contributed by atoms with E-state index in [9.17, 15) is 9.59 Å². The van der Waals surface area contributed by atoms with Crippen LogP contribution in [0, 0.1) is 6.92 Å². The van der Waals surface area contributed by atoms with Gasteiger partial charge >= 0.3 is 5.97 Å². The highest BCUT2D eigenvalue weighted by Crippen LogP contribution is 2.20. The Hall–Kier alpha value is -3.35. The summed E-state index contributed by atoms with van der Waals surface area (Å²) < 4.78 is 7.29. The number of hydrogen-bond acceptors (Lipinski definition) is 4. The maximum Gasteiger partial charge on any atom is 0.339 e. The summed E-state index contributed by atoms with van der Waals surface area (Å²) in [6, 6.07) is 11.1. The topological polar surface area (TPSA) is 88.6 Å². The number of para-hydroxylation sites is 1. The lowest BCUT2D eigenvalue weighted by molar-refractivity contribution is 0.0694. The van der Waals surface area contributed by atoms with Crippen molar-refractivity contribution in [1.29, 1.82) is 0 Å². The molecule has 0 saturated carbocycles. The van der Waals surface area contributed by atoms with Gasteiger partial charge in [0.15, 0.2) is 0 Å². The van der Waals surface area contributed by atoms with E-state index in [0.717, 1.165) is 17.8 Å². The lowest BCUT2D eigenvalue weighted by Gasteiger charge is -2.16. The second-order valence-electron chi connectivity index (χ2n) is 6.65. The molecule has 0 fully saturated rings. The molecular formula is C21H23N3O4. The van der Waals surface area contributed by atoms with E-state index < -0.39 is 5.97 Å². The SMILES string of the molecule is CCCc1c(C(=O)N(C)Cc2cc(C(=O)O)c(C)o2)cnn1-c1ccccc1. The van der Waals surface area contributed by atoms with Gasteiger partial charge in [-0.15, -0.1) is 0 Å². The van der Waals surface area contributed by atoms with E-state index in [2.05, 4.69) is 12.0 Å². The summed E-state index contributed by atoms with van der Waals surface area (Å²) in [6.45, 7) is 3.83. The Morgan fingerprint density at radius 2 is 1.93 bits per heavy atom. The fraction of sp³-hybridized carbons (Fsp3) is 0.286. The third-order valence-electron chi connectivity index (χ3n) is 4.53. The molecule has 7 nitrogen and oxygen atoms in total. The summed E-state index contributed by atoms with van der Waals surface area (Å²) in [4.78, 5) is 25.7. The Labute approximate surface area is 163 Å². The number of nitrogens with zero attached hydrogens (tertiary/aromatic N) is 3. The molecule has 0 unspecified atom stereocenters. The van der Waals surface area contributed by atoms with Gasteiger partial charge in [-0.1, -0.05) is 31.5 Å². The standard InChI is InChI=1S/C21H23N3O4/c1-4-8-19-18(12-22-24(19)15-9-6-5-7-10-15)20(25)23(3)13-16-11-17(21(26)27)14(2)28-16/h5-7,9-12H,4,8,13H2,1-3H3,(H,26,27). The van der Waals surface area contributed by atoms with Crippen molar-refractivity contribution in [3.05, 3.63) is 70.9 Å². The number of aromatic nitrogens is 2. The number of rotatable bonds is 7. The smallest absolute Gasteiger partial charge is 0.339 e. The van der Waals surface area contributed by atoms with Crippen LogP contribution >= 0.6 is 0 Å². The van der Waals surface area contributed by atoms with Crippen molar-refractivity contribution in [2.75, 3.05) is 7.05 Å². The van der Waals surface area contributed by atoms with Crippen molar-refractivity contribution in [3.63, 3.8) is 0 Å². The maximum absolute atomic E-state index is 13.0. The number of amides is 1. The van der Waals surface area contributed by atoms with Crippen molar-refractivity contribution in [2.24, 2.45) is 0 Å². The molecule has 3 aromatic rings. The minimum absolute atomic E-state index is 0.111. The van der Waals surface area contributed by atoms with Crippen molar-refractivity contribution in [2.45, 2.75) is 33.2 Å². The van der Waals surface area contributed by atoms with Crippen LogP contribution in [0.4, 0.5) is 0 Å². The predicted octanol–water partition coefficient (Wildman–Crippen LogP) is 3.70. The fourth-order valence-electron chi connectivity index (χ4n) is 3.17. The number of carboxylic acid groups (broad SMARTS) is 1. The minimum atomic E-state index is -1.05. The van der Waals surface area contributed by atoms with Crippen LogP contribution < -0.4 is 0 Å². The normalized spacial score (nSPS) is 10.8. The van der Waals surface area contributed by atoms with Crippen LogP contribution in [0.25, 0.3) is 5.69 Å². The third-order valence-corrected chi connectivity index (χ3v) is 4.53. The van der Waals surface area contributed by atoms with Crippen molar-refractivity contribution in [1.82, 2.24) is 14.7 Å². The van der Waals surface area contributed by atoms with E-state index >= 15 is 0 Å². The average molecular weight is 381 g/mol. The maximum atomic E-state index is 13.0. The molecule has 2 aromatic heterocycles. The van der Waals surface area contributed by atoms with Crippen LogP contribution in [0.15, 0.2) is 47.0 Å². The van der Waals surface area contributed by atoms with E-state index in [1.165, 1.54) is 11.0 Å². The molecule has 7 heteroatoms.